The maximum Gasteiger partial charge on any atom is 0.264 e. The highest BCUT2D eigenvalue weighted by molar-refractivity contribution is 7.85. The molecule has 1 aliphatic rings. The predicted octanol–water partition coefficient (Wildman–Crippen LogP) is 3.24. The van der Waals surface area contributed by atoms with Gasteiger partial charge in [-0.05, 0) is 59.3 Å². The number of carbonyl (C=O) groups is 3. The maximum atomic E-state index is 12.6. The molecule has 0 radical (unpaired) electrons. The fourth-order valence-electron chi connectivity index (χ4n) is 4.36. The third-order valence-corrected chi connectivity index (χ3v) is 7.48. The smallest absolute Gasteiger partial charge is 0.264 e. The van der Waals surface area contributed by atoms with Crippen molar-refractivity contribution in [1.82, 2.24) is 10.2 Å². The van der Waals surface area contributed by atoms with Crippen molar-refractivity contribution >= 4 is 34.0 Å². The molecule has 0 saturated heterocycles. The monoisotopic (exact) mass is 611 g/mol. The topological polar surface area (TPSA) is 203 Å². The number of benzene rings is 1. The van der Waals surface area contributed by atoms with Crippen LogP contribution in [0.15, 0.2) is 77.4 Å². The van der Waals surface area contributed by atoms with E-state index in [1.807, 2.05) is 43.4 Å². The number of primary amides is 1. The largest absolute Gasteiger partial charge is 0.494 e. The number of nitriles is 1. The first kappa shape index (κ1) is 34.5. The van der Waals surface area contributed by atoms with Crippen LogP contribution in [0.1, 0.15) is 51.2 Å². The molecule has 6 N–H and O–H groups in total. The normalized spacial score (nSPS) is 17.4. The number of carbonyl (C=O) groups excluding carboxylic acids is 3. The highest BCUT2D eigenvalue weighted by Gasteiger charge is 2.25. The summed E-state index contributed by atoms with van der Waals surface area (Å²) in [5.41, 5.74) is 7.99. The minimum absolute atomic E-state index is 0.113. The average molecular weight is 612 g/mol. The molecule has 230 valence electrons. The summed E-state index contributed by atoms with van der Waals surface area (Å²) >= 11 is 0. The molecule has 0 saturated carbocycles. The quantitative estimate of drug-likeness (QED) is 0.0554. The van der Waals surface area contributed by atoms with Gasteiger partial charge in [-0.15, -0.1) is 0 Å². The fraction of sp³-hybridized carbons (Fsp3) is 0.333. The van der Waals surface area contributed by atoms with Gasteiger partial charge in [-0.25, -0.2) is 0 Å². The van der Waals surface area contributed by atoms with E-state index in [0.29, 0.717) is 12.0 Å². The number of aliphatic hydroxyl groups is 1. The lowest BCUT2D eigenvalue weighted by Gasteiger charge is -2.28. The lowest BCUT2D eigenvalue weighted by molar-refractivity contribution is -0.131. The summed E-state index contributed by atoms with van der Waals surface area (Å²) in [6, 6.07) is 7.90. The molecule has 1 aromatic carbocycles. The molecule has 0 bridgehead atoms. The van der Waals surface area contributed by atoms with Gasteiger partial charge in [-0.3, -0.25) is 24.3 Å². The summed E-state index contributed by atoms with van der Waals surface area (Å²) in [7, 11) is -4.13. The first-order chi connectivity index (χ1) is 20.2. The minimum atomic E-state index is -4.13. The number of anilines is 1. The van der Waals surface area contributed by atoms with E-state index in [4.69, 9.17) is 10.3 Å². The second-order valence-corrected chi connectivity index (χ2v) is 11.9. The Morgan fingerprint density at radius 1 is 1.30 bits per heavy atom. The van der Waals surface area contributed by atoms with Crippen LogP contribution in [0.25, 0.3) is 0 Å². The van der Waals surface area contributed by atoms with Crippen LogP contribution >= 0.6 is 0 Å². The second-order valence-electron chi connectivity index (χ2n) is 10.4. The molecule has 43 heavy (non-hydrogen) atoms. The van der Waals surface area contributed by atoms with Crippen LogP contribution in [0.3, 0.4) is 0 Å². The number of nitrogens with two attached hydrogens (primary N) is 1. The molecule has 2 rings (SSSR count). The van der Waals surface area contributed by atoms with E-state index in [9.17, 15) is 33.2 Å². The summed E-state index contributed by atoms with van der Waals surface area (Å²) in [4.78, 5) is 36.3. The number of amides is 3. The molecule has 1 aliphatic heterocycles. The Balaban J connectivity index is 2.36. The molecule has 0 aliphatic carbocycles. The van der Waals surface area contributed by atoms with Gasteiger partial charge in [-0.2, -0.15) is 13.7 Å². The molecule has 12 nitrogen and oxygen atoms in total. The third-order valence-electron chi connectivity index (χ3n) is 6.68. The highest BCUT2D eigenvalue weighted by Crippen LogP contribution is 2.36. The van der Waals surface area contributed by atoms with Gasteiger partial charge < -0.3 is 21.1 Å². The van der Waals surface area contributed by atoms with Gasteiger partial charge in [0.2, 0.25) is 18.2 Å². The van der Waals surface area contributed by atoms with Crippen molar-refractivity contribution in [3.8, 4) is 6.07 Å². The molecule has 3 amide bonds. The molecular weight excluding hydrogens is 574 g/mol. The number of aliphatic hydroxyl groups excluding tert-OH is 1. The van der Waals surface area contributed by atoms with Crippen molar-refractivity contribution < 1.29 is 32.5 Å². The van der Waals surface area contributed by atoms with Gasteiger partial charge in [0, 0.05) is 31.4 Å². The van der Waals surface area contributed by atoms with Gasteiger partial charge in [0.1, 0.15) is 0 Å². The zero-order valence-corrected chi connectivity index (χ0v) is 25.1. The van der Waals surface area contributed by atoms with Gasteiger partial charge >= 0.3 is 0 Å². The van der Waals surface area contributed by atoms with Crippen LogP contribution in [0.5, 0.6) is 0 Å². The average Bonchev–Trinajstić information content (AvgIpc) is 2.99. The summed E-state index contributed by atoms with van der Waals surface area (Å²) in [5, 5.41) is 24.8. The van der Waals surface area contributed by atoms with Crippen LogP contribution in [0.2, 0.25) is 0 Å². The lowest BCUT2D eigenvalue weighted by Crippen LogP contribution is -2.32. The lowest BCUT2D eigenvalue weighted by atomic mass is 9.79. The van der Waals surface area contributed by atoms with Crippen LogP contribution in [-0.2, 0) is 36.5 Å². The van der Waals surface area contributed by atoms with Gasteiger partial charge in [-0.1, -0.05) is 45.1 Å². The molecule has 0 unspecified atom stereocenters. The Labute approximate surface area is 251 Å². The summed E-state index contributed by atoms with van der Waals surface area (Å²) in [5.74, 6) is -2.25. The Hall–Kier alpha value is -4.67. The molecule has 13 heteroatoms. The van der Waals surface area contributed by atoms with Crippen LogP contribution < -0.4 is 16.4 Å². The van der Waals surface area contributed by atoms with E-state index in [-0.39, 0.29) is 49.4 Å². The Kier molecular flexibility index (Phi) is 12.5. The predicted molar refractivity (Wildman–Crippen MR) is 163 cm³/mol. The van der Waals surface area contributed by atoms with Crippen LogP contribution in [0, 0.1) is 11.3 Å². The fourth-order valence-corrected chi connectivity index (χ4v) is 4.86. The molecule has 0 spiro atoms. The highest BCUT2D eigenvalue weighted by atomic mass is 32.2. The van der Waals surface area contributed by atoms with Crippen molar-refractivity contribution in [2.75, 3.05) is 17.6 Å². The van der Waals surface area contributed by atoms with E-state index in [0.717, 1.165) is 16.8 Å². The first-order valence-electron chi connectivity index (χ1n) is 13.4. The number of allylic oxidation sites excluding steroid dienone is 6. The molecule has 0 aromatic heterocycles. The standard InChI is InChI=1S/C30H37N5O7S/c1-4-27(37)35(15-6-16-43(40,41)42)19-21-9-10-26-25(17-21)30(2,3)13-11-22(12-14-33-26)23(18-31)7-5-8-24(28(32)38)29(39)34-20-36/h5,7-12,14,17,20,33,39H,4,6,13,15-16,19H2,1-3H3,(H2,32,38)(H,34,36)(H,40,41,42)/b8-5+,14-12-,22-11+,23-7+,29-24+. The molecule has 1 heterocycles. The van der Waals surface area contributed by atoms with Crippen molar-refractivity contribution in [3.05, 3.63) is 88.5 Å². The van der Waals surface area contributed by atoms with Gasteiger partial charge in [0.05, 0.1) is 23.0 Å². The number of rotatable bonds is 13. The number of nitrogens with zero attached hydrogens (tertiary/aromatic N) is 2. The SMILES string of the molecule is CCC(=O)N(CCCS(=O)(=O)O)Cc1ccc2c(c1)C(C)(C)C/C=C(/C(C#N)=C/C=C/C(C(N)=O)=C(\O)NC=O)\C=C/N2. The summed E-state index contributed by atoms with van der Waals surface area (Å²) in [6.07, 6.45) is 10.4. The van der Waals surface area contributed by atoms with Crippen molar-refractivity contribution in [2.45, 2.75) is 52.0 Å². The Morgan fingerprint density at radius 3 is 2.63 bits per heavy atom. The Morgan fingerprint density at radius 2 is 2.02 bits per heavy atom. The van der Waals surface area contributed by atoms with Crippen LogP contribution in [0.4, 0.5) is 5.69 Å². The zero-order chi connectivity index (χ0) is 32.2. The number of hydrogen-bond acceptors (Lipinski definition) is 8. The minimum Gasteiger partial charge on any atom is -0.494 e. The van der Waals surface area contributed by atoms with Crippen molar-refractivity contribution in [1.29, 1.82) is 5.26 Å². The first-order valence-corrected chi connectivity index (χ1v) is 15.0. The van der Waals surface area contributed by atoms with Gasteiger partial charge in [0.25, 0.3) is 16.0 Å². The maximum absolute atomic E-state index is 12.6. The summed E-state index contributed by atoms with van der Waals surface area (Å²) in [6.45, 7) is 6.27. The van der Waals surface area contributed by atoms with E-state index in [2.05, 4.69) is 11.4 Å². The second kappa shape index (κ2) is 15.5. The van der Waals surface area contributed by atoms with E-state index >= 15 is 0 Å². The molecule has 0 atom stereocenters. The molecule has 0 fully saturated rings. The Bertz CT molecular complexity index is 1530. The number of fused-ring (bicyclic) bond motifs is 1. The number of hydrogen-bond donors (Lipinski definition) is 5. The van der Waals surface area contributed by atoms with E-state index < -0.39 is 33.1 Å². The third kappa shape index (κ3) is 10.6. The molecular formula is C30H37N5O7S. The van der Waals surface area contributed by atoms with Crippen LogP contribution in [-0.4, -0.2) is 53.5 Å². The number of nitrogens with one attached hydrogen (secondary N) is 2. The summed E-state index contributed by atoms with van der Waals surface area (Å²) < 4.78 is 31.3. The zero-order valence-electron chi connectivity index (χ0n) is 24.3. The van der Waals surface area contributed by atoms with E-state index in [1.54, 1.807) is 24.1 Å². The van der Waals surface area contributed by atoms with E-state index in [1.165, 1.54) is 18.2 Å². The van der Waals surface area contributed by atoms with Crippen molar-refractivity contribution in [2.24, 2.45) is 5.73 Å². The van der Waals surface area contributed by atoms with Gasteiger partial charge in [0.15, 0.2) is 0 Å². The molecule has 1 aromatic rings. The van der Waals surface area contributed by atoms with Crippen molar-refractivity contribution in [3.63, 3.8) is 0 Å².